The molecule has 0 aliphatic carbocycles. The highest BCUT2D eigenvalue weighted by molar-refractivity contribution is 7.53. The van der Waals surface area contributed by atoms with E-state index in [-0.39, 0.29) is 0 Å². The van der Waals surface area contributed by atoms with Gasteiger partial charge < -0.3 is 9.79 Å². The summed E-state index contributed by atoms with van der Waals surface area (Å²) in [5, 5.41) is -1.53. The molecular formula is C25H35O3P. The van der Waals surface area contributed by atoms with E-state index in [1.165, 1.54) is 0 Å². The third-order valence-corrected chi connectivity index (χ3v) is 7.50. The lowest BCUT2D eigenvalue weighted by Gasteiger charge is -2.39. The van der Waals surface area contributed by atoms with Crippen LogP contribution in [0.5, 0.6) is 0 Å². The number of allylic oxidation sites excluding steroid dienone is 1. The number of hydrogen-bond acceptors (Lipinski definition) is 1. The van der Waals surface area contributed by atoms with Gasteiger partial charge in [-0.15, -0.1) is 0 Å². The van der Waals surface area contributed by atoms with Crippen LogP contribution < -0.4 is 0 Å². The van der Waals surface area contributed by atoms with E-state index in [4.69, 9.17) is 0 Å². The molecule has 2 N–H and O–H groups in total. The van der Waals surface area contributed by atoms with Gasteiger partial charge in [-0.3, -0.25) is 4.57 Å². The predicted octanol–water partition coefficient (Wildman–Crippen LogP) is 6.87. The molecule has 0 atom stereocenters. The van der Waals surface area contributed by atoms with Crippen molar-refractivity contribution in [3.63, 3.8) is 0 Å². The molecule has 3 nitrogen and oxygen atoms in total. The Labute approximate surface area is 176 Å². The molecule has 0 amide bonds. The molecule has 0 saturated carbocycles. The van der Waals surface area contributed by atoms with Crippen molar-refractivity contribution < 1.29 is 14.4 Å². The van der Waals surface area contributed by atoms with Crippen LogP contribution in [0.3, 0.4) is 0 Å². The maximum Gasteiger partial charge on any atom is 0.344 e. The van der Waals surface area contributed by atoms with Crippen LogP contribution in [0.15, 0.2) is 48.6 Å². The largest absolute Gasteiger partial charge is 0.344 e. The first-order chi connectivity index (χ1) is 13.6. The number of rotatable bonds is 9. The summed E-state index contributed by atoms with van der Waals surface area (Å²) in [5.74, 6) is 0. The molecule has 0 aromatic heterocycles. The van der Waals surface area contributed by atoms with Crippen LogP contribution in [0.1, 0.15) is 72.4 Å². The van der Waals surface area contributed by atoms with Crippen LogP contribution in [0.4, 0.5) is 0 Å². The molecule has 2 aromatic rings. The monoisotopic (exact) mass is 414 g/mol. The summed E-state index contributed by atoms with van der Waals surface area (Å²) >= 11 is 0. The van der Waals surface area contributed by atoms with E-state index < -0.39 is 12.8 Å². The molecule has 29 heavy (non-hydrogen) atoms. The van der Waals surface area contributed by atoms with Crippen molar-refractivity contribution >= 4 is 7.60 Å². The summed E-state index contributed by atoms with van der Waals surface area (Å²) < 4.78 is 13.3. The maximum absolute atomic E-state index is 13.3. The molecule has 0 spiro atoms. The maximum atomic E-state index is 13.3. The summed E-state index contributed by atoms with van der Waals surface area (Å²) in [6, 6.07) is 11.6. The minimum absolute atomic E-state index is 0.589. The minimum atomic E-state index is -4.65. The number of aryl methyl sites for hydroxylation is 4. The minimum Gasteiger partial charge on any atom is -0.323 e. The van der Waals surface area contributed by atoms with Gasteiger partial charge in [0.05, 0.1) is 0 Å². The van der Waals surface area contributed by atoms with Gasteiger partial charge in [0, 0.05) is 0 Å². The van der Waals surface area contributed by atoms with Gasteiger partial charge in [-0.1, -0.05) is 85.9 Å². The molecule has 158 valence electrons. The fraction of sp³-hybridized carbons (Fsp3) is 0.440. The Balaban J connectivity index is 2.79. The Morgan fingerprint density at radius 3 is 1.76 bits per heavy atom. The molecule has 2 rings (SSSR count). The van der Waals surface area contributed by atoms with Gasteiger partial charge in [0.2, 0.25) is 0 Å². The molecule has 0 bridgehead atoms. The fourth-order valence-electron chi connectivity index (χ4n) is 4.43. The highest BCUT2D eigenvalue weighted by Crippen LogP contribution is 2.66. The Morgan fingerprint density at radius 1 is 0.897 bits per heavy atom. The van der Waals surface area contributed by atoms with Crippen molar-refractivity contribution in [1.29, 1.82) is 0 Å². The van der Waals surface area contributed by atoms with E-state index in [0.717, 1.165) is 47.9 Å². The van der Waals surface area contributed by atoms with Crippen molar-refractivity contribution in [1.82, 2.24) is 0 Å². The lowest BCUT2D eigenvalue weighted by Crippen LogP contribution is -2.32. The number of hydrogen-bond donors (Lipinski definition) is 2. The Bertz CT molecular complexity index is 872. The Hall–Kier alpha value is -1.67. The van der Waals surface area contributed by atoms with Gasteiger partial charge in [-0.2, -0.15) is 0 Å². The smallest absolute Gasteiger partial charge is 0.323 e. The highest BCUT2D eigenvalue weighted by Gasteiger charge is 2.53. The van der Waals surface area contributed by atoms with Crippen molar-refractivity contribution in [3.8, 4) is 0 Å². The second-order valence-corrected chi connectivity index (χ2v) is 10.1. The second kappa shape index (κ2) is 9.43. The quantitative estimate of drug-likeness (QED) is 0.267. The topological polar surface area (TPSA) is 57.5 Å². The summed E-state index contributed by atoms with van der Waals surface area (Å²) in [5.41, 5.74) is 5.81. The van der Waals surface area contributed by atoms with Crippen LogP contribution in [-0.2, 0) is 9.72 Å². The van der Waals surface area contributed by atoms with Crippen molar-refractivity contribution in [2.45, 2.75) is 71.9 Å². The third kappa shape index (κ3) is 4.74. The number of benzene rings is 2. The lowest BCUT2D eigenvalue weighted by atomic mass is 9.78. The fourth-order valence-corrected chi connectivity index (χ4v) is 6.08. The molecule has 0 fully saturated rings. The first-order valence-corrected chi connectivity index (χ1v) is 12.1. The summed E-state index contributed by atoms with van der Waals surface area (Å²) in [6.45, 7) is 14.3. The normalized spacial score (nSPS) is 12.2. The zero-order valence-electron chi connectivity index (χ0n) is 18.5. The zero-order valence-corrected chi connectivity index (χ0v) is 19.4. The van der Waals surface area contributed by atoms with Crippen LogP contribution in [0.2, 0.25) is 0 Å². The standard InChI is InChI=1S/C25H35O3P/c1-7-8-9-10-11-22(6)25(29(26,27)28,23-14-12-18(2)16-20(23)4)24-15-13-19(3)17-21(24)5/h12-17H,6-11H2,1-5H3,(H2,26,27,28). The SMILES string of the molecule is C=C(CCCCCC)C(c1ccc(C)cc1C)(c1ccc(C)cc1C)P(=O)(O)O. The molecule has 0 unspecified atom stereocenters. The predicted molar refractivity (Wildman–Crippen MR) is 123 cm³/mol. The van der Waals surface area contributed by atoms with Crippen molar-refractivity contribution in [2.75, 3.05) is 0 Å². The van der Waals surface area contributed by atoms with Gasteiger partial charge in [-0.05, 0) is 62.8 Å². The summed E-state index contributed by atoms with van der Waals surface area (Å²) in [7, 11) is -4.65. The molecule has 0 radical (unpaired) electrons. The van der Waals surface area contributed by atoms with Gasteiger partial charge in [0.25, 0.3) is 0 Å². The van der Waals surface area contributed by atoms with Crippen LogP contribution >= 0.6 is 7.60 Å². The zero-order chi connectivity index (χ0) is 21.8. The average molecular weight is 415 g/mol. The van der Waals surface area contributed by atoms with E-state index in [9.17, 15) is 14.4 Å². The average Bonchev–Trinajstić information content (AvgIpc) is 2.61. The van der Waals surface area contributed by atoms with Crippen LogP contribution in [0, 0.1) is 27.7 Å². The van der Waals surface area contributed by atoms with Gasteiger partial charge in [0.1, 0.15) is 5.16 Å². The van der Waals surface area contributed by atoms with E-state index in [1.807, 2.05) is 64.1 Å². The molecule has 0 aliphatic heterocycles. The Morgan fingerprint density at radius 2 is 1.38 bits per heavy atom. The van der Waals surface area contributed by atoms with Gasteiger partial charge in [0.15, 0.2) is 0 Å². The summed E-state index contributed by atoms with van der Waals surface area (Å²) in [6.07, 6.45) is 4.73. The molecule has 0 aliphatic rings. The first kappa shape index (κ1) is 23.6. The van der Waals surface area contributed by atoms with E-state index in [1.54, 1.807) is 0 Å². The first-order valence-electron chi connectivity index (χ1n) is 10.4. The summed E-state index contributed by atoms with van der Waals surface area (Å²) in [4.78, 5) is 21.7. The van der Waals surface area contributed by atoms with Crippen molar-refractivity contribution in [2.24, 2.45) is 0 Å². The Kier molecular flexibility index (Phi) is 7.67. The molecule has 4 heteroatoms. The molecule has 2 aromatic carbocycles. The van der Waals surface area contributed by atoms with Gasteiger partial charge >= 0.3 is 7.60 Å². The van der Waals surface area contributed by atoms with E-state index in [2.05, 4.69) is 13.5 Å². The second-order valence-electron chi connectivity index (χ2n) is 8.31. The van der Waals surface area contributed by atoms with Crippen LogP contribution in [-0.4, -0.2) is 9.79 Å². The third-order valence-electron chi connectivity index (χ3n) is 5.82. The van der Waals surface area contributed by atoms with Crippen LogP contribution in [0.25, 0.3) is 0 Å². The highest BCUT2D eigenvalue weighted by atomic mass is 31.2. The molecule has 0 heterocycles. The molecule has 0 saturated heterocycles. The lowest BCUT2D eigenvalue weighted by molar-refractivity contribution is 0.346. The van der Waals surface area contributed by atoms with Crippen molar-refractivity contribution in [3.05, 3.63) is 81.9 Å². The van der Waals surface area contributed by atoms with Gasteiger partial charge in [-0.25, -0.2) is 0 Å². The number of unbranched alkanes of at least 4 members (excludes halogenated alkanes) is 3. The van der Waals surface area contributed by atoms with E-state index in [0.29, 0.717) is 23.1 Å². The molecular weight excluding hydrogens is 379 g/mol. The van der Waals surface area contributed by atoms with E-state index >= 15 is 0 Å².